The first-order valence-electron chi connectivity index (χ1n) is 5.87. The number of aryl methyl sites for hydroxylation is 1. The van der Waals surface area contributed by atoms with Gasteiger partial charge in [0, 0.05) is 11.8 Å². The average Bonchev–Trinajstić information content (AvgIpc) is 2.43. The Morgan fingerprint density at radius 2 is 2.10 bits per heavy atom. The smallest absolute Gasteiger partial charge is 0.335 e. The fourth-order valence-corrected chi connectivity index (χ4v) is 1.59. The van der Waals surface area contributed by atoms with E-state index in [0.717, 1.165) is 12.1 Å². The van der Waals surface area contributed by atoms with Crippen molar-refractivity contribution < 1.29 is 23.4 Å². The summed E-state index contributed by atoms with van der Waals surface area (Å²) in [5.41, 5.74) is 0.459. The fourth-order valence-electron chi connectivity index (χ4n) is 1.59. The summed E-state index contributed by atoms with van der Waals surface area (Å²) in [6.07, 6.45) is 0.489. The van der Waals surface area contributed by atoms with Crippen molar-refractivity contribution in [2.45, 2.75) is 13.3 Å². The van der Waals surface area contributed by atoms with Gasteiger partial charge in [-0.25, -0.2) is 14.2 Å². The van der Waals surface area contributed by atoms with Gasteiger partial charge >= 0.3 is 5.97 Å². The number of hydrogen-bond donors (Lipinski definition) is 1. The monoisotopic (exact) mass is 279 g/mol. The van der Waals surface area contributed by atoms with E-state index >= 15 is 0 Å². The maximum Gasteiger partial charge on any atom is 0.335 e. The minimum absolute atomic E-state index is 0.0244. The van der Waals surface area contributed by atoms with E-state index in [0.29, 0.717) is 12.1 Å². The summed E-state index contributed by atoms with van der Waals surface area (Å²) in [6, 6.07) is 6.04. The van der Waals surface area contributed by atoms with Crippen molar-refractivity contribution in [1.82, 2.24) is 4.98 Å². The SMILES string of the molecule is CCc1cc(C(=O)O)cc(Oc2cccc(F)c2F)n1. The van der Waals surface area contributed by atoms with Crippen LogP contribution in [0.4, 0.5) is 8.78 Å². The Bertz CT molecular complexity index is 659. The van der Waals surface area contributed by atoms with Gasteiger partial charge in [-0.05, 0) is 24.6 Å². The fraction of sp³-hybridized carbons (Fsp3) is 0.143. The van der Waals surface area contributed by atoms with Crippen molar-refractivity contribution in [3.8, 4) is 11.6 Å². The molecule has 0 amide bonds. The lowest BCUT2D eigenvalue weighted by molar-refractivity contribution is 0.0696. The number of carboxylic acid groups (broad SMARTS) is 1. The summed E-state index contributed by atoms with van der Waals surface area (Å²) >= 11 is 0. The molecule has 0 saturated heterocycles. The lowest BCUT2D eigenvalue weighted by Gasteiger charge is -2.08. The Morgan fingerprint density at radius 1 is 1.35 bits per heavy atom. The van der Waals surface area contributed by atoms with E-state index in [1.165, 1.54) is 18.2 Å². The molecule has 0 aliphatic carbocycles. The van der Waals surface area contributed by atoms with Gasteiger partial charge in [0.1, 0.15) is 0 Å². The highest BCUT2D eigenvalue weighted by atomic mass is 19.2. The highest BCUT2D eigenvalue weighted by Gasteiger charge is 2.13. The molecular weight excluding hydrogens is 268 g/mol. The van der Waals surface area contributed by atoms with E-state index in [1.807, 2.05) is 0 Å². The van der Waals surface area contributed by atoms with Crippen LogP contribution < -0.4 is 4.74 Å². The predicted molar refractivity (Wildman–Crippen MR) is 67.0 cm³/mol. The highest BCUT2D eigenvalue weighted by molar-refractivity contribution is 5.88. The quantitative estimate of drug-likeness (QED) is 0.931. The van der Waals surface area contributed by atoms with E-state index in [2.05, 4.69) is 4.98 Å². The second kappa shape index (κ2) is 5.64. The number of hydrogen-bond acceptors (Lipinski definition) is 3. The van der Waals surface area contributed by atoms with Gasteiger partial charge in [-0.1, -0.05) is 13.0 Å². The van der Waals surface area contributed by atoms with Crippen molar-refractivity contribution in [3.63, 3.8) is 0 Å². The average molecular weight is 279 g/mol. The molecule has 1 aromatic heterocycles. The third-order valence-electron chi connectivity index (χ3n) is 2.59. The van der Waals surface area contributed by atoms with E-state index < -0.39 is 17.6 Å². The molecule has 1 N–H and O–H groups in total. The Labute approximate surface area is 113 Å². The number of pyridine rings is 1. The summed E-state index contributed by atoms with van der Waals surface area (Å²) in [5, 5.41) is 8.98. The van der Waals surface area contributed by atoms with E-state index in [-0.39, 0.29) is 17.2 Å². The van der Waals surface area contributed by atoms with Crippen LogP contribution >= 0.6 is 0 Å². The number of aromatic nitrogens is 1. The number of carbonyl (C=O) groups is 1. The van der Waals surface area contributed by atoms with Gasteiger partial charge in [-0.3, -0.25) is 0 Å². The second-order valence-electron chi connectivity index (χ2n) is 4.00. The third-order valence-corrected chi connectivity index (χ3v) is 2.59. The number of halogens is 2. The first kappa shape index (κ1) is 13.9. The van der Waals surface area contributed by atoms with Crippen LogP contribution in [0.2, 0.25) is 0 Å². The Kier molecular flexibility index (Phi) is 3.93. The van der Waals surface area contributed by atoms with Gasteiger partial charge in [0.25, 0.3) is 0 Å². The van der Waals surface area contributed by atoms with Crippen molar-refractivity contribution in [2.75, 3.05) is 0 Å². The molecule has 104 valence electrons. The molecule has 0 unspecified atom stereocenters. The van der Waals surface area contributed by atoms with Crippen LogP contribution in [0.1, 0.15) is 23.0 Å². The number of carboxylic acids is 1. The number of benzene rings is 1. The largest absolute Gasteiger partial charge is 0.478 e. The molecule has 0 spiro atoms. The molecule has 0 fully saturated rings. The molecule has 4 nitrogen and oxygen atoms in total. The summed E-state index contributed by atoms with van der Waals surface area (Å²) in [7, 11) is 0. The van der Waals surface area contributed by atoms with Crippen molar-refractivity contribution in [1.29, 1.82) is 0 Å². The van der Waals surface area contributed by atoms with Gasteiger partial charge in [-0.15, -0.1) is 0 Å². The van der Waals surface area contributed by atoms with Gasteiger partial charge in [-0.2, -0.15) is 4.39 Å². The van der Waals surface area contributed by atoms with Crippen LogP contribution in [0.3, 0.4) is 0 Å². The van der Waals surface area contributed by atoms with Crippen molar-refractivity contribution in [3.05, 3.63) is 53.2 Å². The summed E-state index contributed by atoms with van der Waals surface area (Å²) in [4.78, 5) is 15.0. The van der Waals surface area contributed by atoms with Gasteiger partial charge in [0.05, 0.1) is 5.56 Å². The third kappa shape index (κ3) is 2.90. The summed E-state index contributed by atoms with van der Waals surface area (Å²) in [5.74, 6) is -3.78. The lowest BCUT2D eigenvalue weighted by atomic mass is 10.2. The van der Waals surface area contributed by atoms with Gasteiger partial charge in [0.2, 0.25) is 11.7 Å². The topological polar surface area (TPSA) is 59.4 Å². The standard InChI is InChI=1S/C14H11F2NO3/c1-2-9-6-8(14(18)19)7-12(17-9)20-11-5-3-4-10(15)13(11)16/h3-7H,2H2,1H3,(H,18,19). The molecule has 6 heteroatoms. The van der Waals surface area contributed by atoms with E-state index in [9.17, 15) is 13.6 Å². The normalized spacial score (nSPS) is 10.3. The number of aromatic carboxylic acids is 1. The Balaban J connectivity index is 2.40. The van der Waals surface area contributed by atoms with Crippen LogP contribution in [-0.2, 0) is 6.42 Å². The van der Waals surface area contributed by atoms with Crippen LogP contribution in [-0.4, -0.2) is 16.1 Å². The molecule has 0 saturated carbocycles. The van der Waals surface area contributed by atoms with Crippen LogP contribution in [0.5, 0.6) is 11.6 Å². The molecule has 1 aromatic carbocycles. The zero-order valence-corrected chi connectivity index (χ0v) is 10.6. The van der Waals surface area contributed by atoms with Crippen molar-refractivity contribution in [2.24, 2.45) is 0 Å². The molecule has 0 radical (unpaired) electrons. The molecule has 2 aromatic rings. The first-order chi connectivity index (χ1) is 9.51. The zero-order valence-electron chi connectivity index (χ0n) is 10.6. The predicted octanol–water partition coefficient (Wildman–Crippen LogP) is 3.41. The van der Waals surface area contributed by atoms with Crippen LogP contribution in [0.15, 0.2) is 30.3 Å². The Morgan fingerprint density at radius 3 is 2.75 bits per heavy atom. The summed E-state index contributed by atoms with van der Waals surface area (Å²) < 4.78 is 31.7. The Hall–Kier alpha value is -2.50. The van der Waals surface area contributed by atoms with Gasteiger partial charge in [0.15, 0.2) is 11.6 Å². The maximum absolute atomic E-state index is 13.5. The van der Waals surface area contributed by atoms with E-state index in [1.54, 1.807) is 6.92 Å². The second-order valence-corrected chi connectivity index (χ2v) is 4.00. The molecule has 0 atom stereocenters. The number of rotatable bonds is 4. The van der Waals surface area contributed by atoms with Gasteiger partial charge < -0.3 is 9.84 Å². The minimum atomic E-state index is -1.15. The number of nitrogens with zero attached hydrogens (tertiary/aromatic N) is 1. The molecular formula is C14H11F2NO3. The molecule has 0 bridgehead atoms. The van der Waals surface area contributed by atoms with E-state index in [4.69, 9.17) is 9.84 Å². The first-order valence-corrected chi connectivity index (χ1v) is 5.87. The lowest BCUT2D eigenvalue weighted by Crippen LogP contribution is -2.02. The van der Waals surface area contributed by atoms with Crippen LogP contribution in [0.25, 0.3) is 0 Å². The molecule has 2 rings (SSSR count). The summed E-state index contributed by atoms with van der Waals surface area (Å²) in [6.45, 7) is 1.79. The van der Waals surface area contributed by atoms with Crippen LogP contribution in [0, 0.1) is 11.6 Å². The minimum Gasteiger partial charge on any atom is -0.478 e. The molecule has 0 aliphatic rings. The molecule has 1 heterocycles. The zero-order chi connectivity index (χ0) is 14.7. The number of ether oxygens (including phenoxy) is 1. The molecule has 20 heavy (non-hydrogen) atoms. The van der Waals surface area contributed by atoms with Crippen molar-refractivity contribution >= 4 is 5.97 Å². The maximum atomic E-state index is 13.5. The highest BCUT2D eigenvalue weighted by Crippen LogP contribution is 2.25. The molecule has 0 aliphatic heterocycles.